The first-order chi connectivity index (χ1) is 12.2. The van der Waals surface area contributed by atoms with Gasteiger partial charge in [0.2, 0.25) is 0 Å². The number of benzene rings is 2. The Balaban J connectivity index is 2.04. The van der Waals surface area contributed by atoms with Crippen LogP contribution in [0.4, 0.5) is 10.1 Å². The van der Waals surface area contributed by atoms with E-state index in [0.29, 0.717) is 16.4 Å². The van der Waals surface area contributed by atoms with Crippen molar-refractivity contribution in [2.75, 3.05) is 11.6 Å². The Morgan fingerprint density at radius 1 is 1.15 bits per heavy atom. The van der Waals surface area contributed by atoms with Crippen LogP contribution in [0.5, 0.6) is 0 Å². The van der Waals surface area contributed by atoms with E-state index in [2.05, 4.69) is 15.3 Å². The van der Waals surface area contributed by atoms with Crippen molar-refractivity contribution >= 4 is 38.7 Å². The monoisotopic (exact) mass is 413 g/mol. The molecule has 26 heavy (non-hydrogen) atoms. The number of aromatic amines is 1. The number of nitrogens with zero attached hydrogens (tertiary/aromatic N) is 1. The summed E-state index contributed by atoms with van der Waals surface area (Å²) in [4.78, 5) is 6.96. The van der Waals surface area contributed by atoms with Gasteiger partial charge >= 0.3 is 0 Å². The normalized spacial score (nSPS) is 12.8. The molecule has 0 amide bonds. The molecule has 136 valence electrons. The van der Waals surface area contributed by atoms with Crippen LogP contribution in [-0.4, -0.2) is 24.6 Å². The highest BCUT2D eigenvalue weighted by Crippen LogP contribution is 2.29. The second-order valence-electron chi connectivity index (χ2n) is 5.66. The average Bonchev–Trinajstić information content (AvgIpc) is 3.07. The maximum Gasteiger partial charge on any atom is 0.192 e. The number of halogens is 3. The summed E-state index contributed by atoms with van der Waals surface area (Å²) in [6.07, 6.45) is 2.33. The van der Waals surface area contributed by atoms with E-state index < -0.39 is 21.7 Å². The summed E-state index contributed by atoms with van der Waals surface area (Å²) in [5.74, 6) is -0.194. The Labute approximate surface area is 160 Å². The minimum Gasteiger partial charge on any atom is -0.372 e. The minimum atomic E-state index is -3.44. The summed E-state index contributed by atoms with van der Waals surface area (Å²) < 4.78 is 37.0. The molecule has 1 aromatic heterocycles. The van der Waals surface area contributed by atoms with Crippen molar-refractivity contribution in [2.45, 2.75) is 11.1 Å². The molecule has 0 unspecified atom stereocenters. The third-order valence-electron chi connectivity index (χ3n) is 3.68. The number of hydrogen-bond acceptors (Lipinski definition) is 4. The van der Waals surface area contributed by atoms with E-state index in [4.69, 9.17) is 23.2 Å². The summed E-state index contributed by atoms with van der Waals surface area (Å²) in [6, 6.07) is 10.6. The van der Waals surface area contributed by atoms with Crippen LogP contribution in [0.3, 0.4) is 0 Å². The highest BCUT2D eigenvalue weighted by atomic mass is 35.5. The smallest absolute Gasteiger partial charge is 0.192 e. The Morgan fingerprint density at radius 2 is 1.85 bits per heavy atom. The second kappa shape index (κ2) is 7.26. The quantitative estimate of drug-likeness (QED) is 0.647. The number of rotatable bonds is 5. The second-order valence-corrected chi connectivity index (χ2v) is 8.49. The zero-order valence-electron chi connectivity index (χ0n) is 13.5. The molecule has 0 bridgehead atoms. The number of H-pyrrole nitrogens is 1. The van der Waals surface area contributed by atoms with Crippen LogP contribution in [0, 0.1) is 5.82 Å². The Morgan fingerprint density at radius 3 is 2.42 bits per heavy atom. The molecule has 2 N–H and O–H groups in total. The van der Waals surface area contributed by atoms with Crippen molar-refractivity contribution in [3.63, 3.8) is 0 Å². The van der Waals surface area contributed by atoms with Crippen LogP contribution in [0.2, 0.25) is 10.0 Å². The molecule has 9 heteroatoms. The largest absolute Gasteiger partial charge is 0.372 e. The average molecular weight is 414 g/mol. The number of sulfone groups is 1. The fourth-order valence-corrected chi connectivity index (χ4v) is 3.22. The summed E-state index contributed by atoms with van der Waals surface area (Å²) >= 11 is 11.8. The Kier molecular flexibility index (Phi) is 5.22. The lowest BCUT2D eigenvalue weighted by atomic mass is 10.1. The van der Waals surface area contributed by atoms with Gasteiger partial charge in [-0.2, -0.15) is 0 Å². The fourth-order valence-electron chi connectivity index (χ4n) is 2.37. The van der Waals surface area contributed by atoms with Crippen LogP contribution < -0.4 is 5.32 Å². The highest BCUT2D eigenvalue weighted by molar-refractivity contribution is 7.90. The van der Waals surface area contributed by atoms with Crippen molar-refractivity contribution in [3.8, 4) is 0 Å². The van der Waals surface area contributed by atoms with Gasteiger partial charge in [0.25, 0.3) is 0 Å². The molecule has 0 radical (unpaired) electrons. The summed E-state index contributed by atoms with van der Waals surface area (Å²) in [5.41, 5.74) is 1.33. The van der Waals surface area contributed by atoms with Gasteiger partial charge in [-0.1, -0.05) is 29.3 Å². The molecule has 0 spiro atoms. The third-order valence-corrected chi connectivity index (χ3v) is 5.23. The van der Waals surface area contributed by atoms with Crippen LogP contribution >= 0.6 is 23.2 Å². The van der Waals surface area contributed by atoms with Crippen molar-refractivity contribution < 1.29 is 12.8 Å². The molecule has 5 nitrogen and oxygen atoms in total. The fraction of sp³-hybridized carbons (Fsp3) is 0.118. The molecule has 1 heterocycles. The van der Waals surface area contributed by atoms with Gasteiger partial charge in [-0.05, 0) is 42.0 Å². The molecule has 0 aliphatic rings. The molecule has 3 aromatic rings. The van der Waals surface area contributed by atoms with Gasteiger partial charge in [-0.15, -0.1) is 0 Å². The van der Waals surface area contributed by atoms with Gasteiger partial charge in [0.15, 0.2) is 14.9 Å². The molecular weight excluding hydrogens is 400 g/mol. The molecule has 0 aliphatic heterocycles. The van der Waals surface area contributed by atoms with Crippen molar-refractivity contribution in [2.24, 2.45) is 0 Å². The van der Waals surface area contributed by atoms with Crippen molar-refractivity contribution in [1.82, 2.24) is 9.97 Å². The molecule has 2 aromatic carbocycles. The number of imidazole rings is 1. The van der Waals surface area contributed by atoms with Crippen molar-refractivity contribution in [3.05, 3.63) is 75.9 Å². The van der Waals surface area contributed by atoms with Crippen LogP contribution in [0.1, 0.15) is 17.4 Å². The first-order valence-electron chi connectivity index (χ1n) is 7.46. The van der Waals surface area contributed by atoms with Gasteiger partial charge in [-0.25, -0.2) is 17.8 Å². The SMILES string of the molecule is CS(=O)(=O)c1cnc([C@H](Nc2ccc(Cl)cc2)c2ccc(F)c(Cl)c2)[nH]1. The van der Waals surface area contributed by atoms with Gasteiger partial charge in [-0.3, -0.25) is 0 Å². The highest BCUT2D eigenvalue weighted by Gasteiger charge is 2.21. The van der Waals surface area contributed by atoms with Crippen LogP contribution in [0.25, 0.3) is 0 Å². The van der Waals surface area contributed by atoms with Crippen LogP contribution in [0.15, 0.2) is 53.7 Å². The summed E-state index contributed by atoms with van der Waals surface area (Å²) in [6.45, 7) is 0. The van der Waals surface area contributed by atoms with Gasteiger partial charge in [0.1, 0.15) is 17.7 Å². The zero-order chi connectivity index (χ0) is 18.9. The topological polar surface area (TPSA) is 74.8 Å². The molecule has 0 saturated carbocycles. The molecule has 0 aliphatic carbocycles. The van der Waals surface area contributed by atoms with E-state index >= 15 is 0 Å². The number of anilines is 1. The van der Waals surface area contributed by atoms with E-state index in [9.17, 15) is 12.8 Å². The van der Waals surface area contributed by atoms with E-state index in [1.165, 1.54) is 18.3 Å². The number of nitrogens with one attached hydrogen (secondary N) is 2. The molecule has 1 atom stereocenters. The first kappa shape index (κ1) is 18.7. The molecule has 0 saturated heterocycles. The Hall–Kier alpha value is -2.09. The maximum absolute atomic E-state index is 13.5. The first-order valence-corrected chi connectivity index (χ1v) is 10.1. The maximum atomic E-state index is 13.5. The standard InChI is InChI=1S/C17H14Cl2FN3O2S/c1-26(24,25)15-9-21-17(23-15)16(10-2-7-14(20)13(19)8-10)22-12-5-3-11(18)4-6-12/h2-9,16,22H,1H3,(H,21,23)/t16-/m1/s1. The zero-order valence-corrected chi connectivity index (χ0v) is 15.8. The van der Waals surface area contributed by atoms with E-state index in [1.807, 2.05) is 0 Å². The van der Waals surface area contributed by atoms with Crippen LogP contribution in [-0.2, 0) is 9.84 Å². The number of hydrogen-bond donors (Lipinski definition) is 2. The van der Waals surface area contributed by atoms with Crippen molar-refractivity contribution in [1.29, 1.82) is 0 Å². The summed E-state index contributed by atoms with van der Waals surface area (Å²) in [5, 5.41) is 3.75. The van der Waals surface area contributed by atoms with Gasteiger partial charge < -0.3 is 10.3 Å². The van der Waals surface area contributed by atoms with Gasteiger partial charge in [0, 0.05) is 17.0 Å². The lowest BCUT2D eigenvalue weighted by Crippen LogP contribution is -2.14. The van der Waals surface area contributed by atoms with E-state index in [-0.39, 0.29) is 10.0 Å². The molecular formula is C17H14Cl2FN3O2S. The minimum absolute atomic E-state index is 0.0105. The van der Waals surface area contributed by atoms with Gasteiger partial charge in [0.05, 0.1) is 11.2 Å². The predicted octanol–water partition coefficient (Wildman–Crippen LogP) is 4.46. The lowest BCUT2D eigenvalue weighted by Gasteiger charge is -2.19. The lowest BCUT2D eigenvalue weighted by molar-refractivity contribution is 0.598. The van der Waals surface area contributed by atoms with E-state index in [1.54, 1.807) is 30.3 Å². The third kappa shape index (κ3) is 4.17. The summed E-state index contributed by atoms with van der Waals surface area (Å²) in [7, 11) is -3.44. The predicted molar refractivity (Wildman–Crippen MR) is 100 cm³/mol. The Bertz CT molecular complexity index is 1040. The number of aromatic nitrogens is 2. The van der Waals surface area contributed by atoms with E-state index in [0.717, 1.165) is 11.9 Å². The molecule has 0 fully saturated rings. The molecule has 3 rings (SSSR count).